The third kappa shape index (κ3) is 5.44. The lowest BCUT2D eigenvalue weighted by molar-refractivity contribution is -0.115. The van der Waals surface area contributed by atoms with Crippen molar-refractivity contribution in [2.24, 2.45) is 0 Å². The summed E-state index contributed by atoms with van der Waals surface area (Å²) in [5, 5.41) is -0.120. The average Bonchev–Trinajstić information content (AvgIpc) is 3.55. The molecule has 4 aromatic carbocycles. The first-order valence-corrected chi connectivity index (χ1v) is 15.2. The molecule has 0 spiro atoms. The van der Waals surface area contributed by atoms with Crippen LogP contribution in [0.15, 0.2) is 106 Å². The normalized spacial score (nSPS) is 11.3. The first-order chi connectivity index (χ1) is 18.6. The van der Waals surface area contributed by atoms with Crippen molar-refractivity contribution in [2.75, 3.05) is 0 Å². The summed E-state index contributed by atoms with van der Waals surface area (Å²) in [6, 6.07) is 32.4. The number of thioether (sulfide) groups is 2. The first-order valence-electron chi connectivity index (χ1n) is 12.0. The maximum atomic E-state index is 12.7. The van der Waals surface area contributed by atoms with Gasteiger partial charge in [0.25, 0.3) is 0 Å². The molecular weight excluding hydrogens is 549 g/mol. The molecule has 6 rings (SSSR count). The minimum atomic E-state index is -0.0602. The zero-order valence-electron chi connectivity index (χ0n) is 20.0. The van der Waals surface area contributed by atoms with Gasteiger partial charge in [0, 0.05) is 24.0 Å². The van der Waals surface area contributed by atoms with Crippen LogP contribution in [0.4, 0.5) is 0 Å². The number of nitrogens with zero attached hydrogens (tertiary/aromatic N) is 2. The summed E-state index contributed by atoms with van der Waals surface area (Å²) in [7, 11) is 0. The zero-order valence-corrected chi connectivity index (χ0v) is 23.3. The van der Waals surface area contributed by atoms with Crippen LogP contribution in [-0.4, -0.2) is 20.2 Å². The largest absolute Gasteiger partial charge is 0.287 e. The van der Waals surface area contributed by atoms with Gasteiger partial charge in [-0.25, -0.2) is 9.97 Å². The fourth-order valence-corrected chi connectivity index (χ4v) is 8.10. The first kappa shape index (κ1) is 25.0. The van der Waals surface area contributed by atoms with E-state index in [1.54, 1.807) is 0 Å². The molecule has 0 atom stereocenters. The van der Waals surface area contributed by atoms with E-state index in [1.807, 2.05) is 72.8 Å². The predicted octanol–water partition coefficient (Wildman–Crippen LogP) is 8.96. The van der Waals surface area contributed by atoms with Crippen LogP contribution in [0.25, 0.3) is 42.7 Å². The summed E-state index contributed by atoms with van der Waals surface area (Å²) in [4.78, 5) is 34.9. The monoisotopic (exact) mass is 568 g/mol. The van der Waals surface area contributed by atoms with Gasteiger partial charge in [-0.15, -0.1) is 22.7 Å². The molecule has 0 radical (unpaired) electrons. The fourth-order valence-electron chi connectivity index (χ4n) is 4.15. The van der Waals surface area contributed by atoms with Crippen LogP contribution in [0, 0.1) is 0 Å². The molecule has 0 aliphatic carbocycles. The van der Waals surface area contributed by atoms with Gasteiger partial charge in [0.05, 0.1) is 20.4 Å². The van der Waals surface area contributed by atoms with Crippen LogP contribution >= 0.6 is 46.2 Å². The highest BCUT2D eigenvalue weighted by atomic mass is 32.2. The van der Waals surface area contributed by atoms with Gasteiger partial charge in [-0.3, -0.25) is 9.59 Å². The molecule has 0 saturated carbocycles. The highest BCUT2D eigenvalue weighted by Crippen LogP contribution is 2.38. The van der Waals surface area contributed by atoms with Gasteiger partial charge in [-0.1, -0.05) is 84.9 Å². The summed E-state index contributed by atoms with van der Waals surface area (Å²) in [5.41, 5.74) is 6.10. The van der Waals surface area contributed by atoms with Crippen molar-refractivity contribution in [1.82, 2.24) is 9.97 Å². The Hall–Kier alpha value is -3.30. The molecule has 0 unspecified atom stereocenters. The van der Waals surface area contributed by atoms with E-state index in [-0.39, 0.29) is 23.1 Å². The summed E-state index contributed by atoms with van der Waals surface area (Å²) < 4.78 is 3.49. The Bertz CT molecular complexity index is 1630. The Labute approximate surface area is 236 Å². The Morgan fingerprint density at radius 1 is 0.553 bits per heavy atom. The van der Waals surface area contributed by atoms with E-state index >= 15 is 0 Å². The number of hydrogen-bond donors (Lipinski definition) is 0. The molecule has 8 heteroatoms. The molecule has 6 aromatic rings. The summed E-state index contributed by atoms with van der Waals surface area (Å²) >= 11 is 5.25. The van der Waals surface area contributed by atoms with Crippen LogP contribution in [0.2, 0.25) is 0 Å². The number of fused-ring (bicyclic) bond motifs is 2. The molecular formula is C30H20N2O2S4. The van der Waals surface area contributed by atoms with Gasteiger partial charge in [0.15, 0.2) is 18.9 Å². The molecule has 4 nitrogen and oxygen atoms in total. The minimum Gasteiger partial charge on any atom is -0.287 e. The van der Waals surface area contributed by atoms with Gasteiger partial charge in [0.1, 0.15) is 0 Å². The topological polar surface area (TPSA) is 59.9 Å². The number of carbonyl (C=O) groups excluding carboxylic acids is 2. The Morgan fingerprint density at radius 2 is 0.974 bits per heavy atom. The fraction of sp³-hybridized carbons (Fsp3) is 0.0667. The minimum absolute atomic E-state index is 0.0602. The lowest BCUT2D eigenvalue weighted by Gasteiger charge is -2.01. The van der Waals surface area contributed by atoms with E-state index < -0.39 is 0 Å². The molecule has 0 saturated heterocycles. The summed E-state index contributed by atoms with van der Waals surface area (Å²) in [5.74, 6) is 0. The molecule has 0 aliphatic heterocycles. The van der Waals surface area contributed by atoms with Gasteiger partial charge in [-0.05, 0) is 46.8 Å². The van der Waals surface area contributed by atoms with E-state index in [0.717, 1.165) is 66.2 Å². The second kappa shape index (κ2) is 11.2. The van der Waals surface area contributed by atoms with Crippen molar-refractivity contribution in [3.63, 3.8) is 0 Å². The number of aromatic nitrogens is 2. The number of hydrogen-bond acceptors (Lipinski definition) is 8. The van der Waals surface area contributed by atoms with Crippen molar-refractivity contribution < 1.29 is 9.59 Å². The predicted molar refractivity (Wildman–Crippen MR) is 161 cm³/mol. The molecule has 186 valence electrons. The Balaban J connectivity index is 1.10. The Morgan fingerprint density at radius 3 is 1.39 bits per heavy atom. The maximum absolute atomic E-state index is 12.7. The SMILES string of the molecule is O=C(CCC(=O)Sc1nc2c(-c3ccccc3)cccc2s1)Sc1nc2c(-c3ccccc3)cccc2s1. The van der Waals surface area contributed by atoms with Crippen molar-refractivity contribution in [3.05, 3.63) is 97.1 Å². The standard InChI is InChI=1S/C30H20N2O2S4/c33-25(37-29-31-27-21(13-7-15-23(27)35-29)19-9-3-1-4-10-19)17-18-26(34)38-30-32-28-22(14-8-16-24(28)36-30)20-11-5-2-6-12-20/h1-16H,17-18H2. The van der Waals surface area contributed by atoms with Gasteiger partial charge in [-0.2, -0.15) is 0 Å². The lowest BCUT2D eigenvalue weighted by atomic mass is 10.1. The number of thiazole rings is 2. The zero-order chi connectivity index (χ0) is 25.9. The van der Waals surface area contributed by atoms with Gasteiger partial charge < -0.3 is 0 Å². The van der Waals surface area contributed by atoms with Crippen molar-refractivity contribution >= 4 is 76.9 Å². The van der Waals surface area contributed by atoms with E-state index in [9.17, 15) is 9.59 Å². The summed E-state index contributed by atoms with van der Waals surface area (Å²) in [6.45, 7) is 0. The number of para-hydroxylation sites is 2. The molecule has 2 heterocycles. The second-order valence-electron chi connectivity index (χ2n) is 8.44. The summed E-state index contributed by atoms with van der Waals surface area (Å²) in [6.07, 6.45) is 0.330. The third-order valence-electron chi connectivity index (χ3n) is 5.90. The van der Waals surface area contributed by atoms with Gasteiger partial charge >= 0.3 is 0 Å². The van der Waals surface area contributed by atoms with E-state index in [1.165, 1.54) is 22.7 Å². The van der Waals surface area contributed by atoms with Crippen molar-refractivity contribution in [2.45, 2.75) is 21.5 Å². The van der Waals surface area contributed by atoms with Crippen molar-refractivity contribution in [3.8, 4) is 22.3 Å². The average molecular weight is 569 g/mol. The van der Waals surface area contributed by atoms with E-state index in [2.05, 4.69) is 24.3 Å². The molecule has 38 heavy (non-hydrogen) atoms. The molecule has 0 fully saturated rings. The van der Waals surface area contributed by atoms with Crippen LogP contribution < -0.4 is 0 Å². The number of benzene rings is 4. The molecule has 0 bridgehead atoms. The quantitative estimate of drug-likeness (QED) is 0.179. The highest BCUT2D eigenvalue weighted by Gasteiger charge is 2.17. The Kier molecular flexibility index (Phi) is 7.38. The van der Waals surface area contributed by atoms with Crippen LogP contribution in [0.1, 0.15) is 12.8 Å². The second-order valence-corrected chi connectivity index (χ2v) is 13.1. The lowest BCUT2D eigenvalue weighted by Crippen LogP contribution is -1.97. The van der Waals surface area contributed by atoms with E-state index in [0.29, 0.717) is 8.68 Å². The maximum Gasteiger partial charge on any atom is 0.196 e. The molecule has 0 N–H and O–H groups in total. The highest BCUT2D eigenvalue weighted by molar-refractivity contribution is 8.15. The third-order valence-corrected chi connectivity index (χ3v) is 9.93. The smallest absolute Gasteiger partial charge is 0.196 e. The van der Waals surface area contributed by atoms with Crippen molar-refractivity contribution in [1.29, 1.82) is 0 Å². The molecule has 2 aromatic heterocycles. The van der Waals surface area contributed by atoms with Crippen LogP contribution in [0.5, 0.6) is 0 Å². The molecule has 0 amide bonds. The van der Waals surface area contributed by atoms with Crippen LogP contribution in [-0.2, 0) is 9.59 Å². The van der Waals surface area contributed by atoms with E-state index in [4.69, 9.17) is 9.97 Å². The molecule has 0 aliphatic rings. The number of carbonyl (C=O) groups is 2. The van der Waals surface area contributed by atoms with Crippen LogP contribution in [0.3, 0.4) is 0 Å². The number of rotatable bonds is 7. The van der Waals surface area contributed by atoms with Gasteiger partial charge in [0.2, 0.25) is 0 Å².